The van der Waals surface area contributed by atoms with Crippen LogP contribution in [0.1, 0.15) is 74.6 Å². The third-order valence-electron chi connectivity index (χ3n) is 8.79. The number of unbranched alkanes of at least 4 members (excludes halogenated alkanes) is 2. The number of carbonyl (C=O) groups is 4. The summed E-state index contributed by atoms with van der Waals surface area (Å²) >= 11 is 0. The van der Waals surface area contributed by atoms with Crippen molar-refractivity contribution in [3.05, 3.63) is 157 Å². The van der Waals surface area contributed by atoms with Crippen LogP contribution < -0.4 is 18.9 Å². The third-order valence-corrected chi connectivity index (χ3v) is 8.79. The normalized spacial score (nSPS) is 11.5. The molecule has 0 saturated heterocycles. The maximum atomic E-state index is 12.5. The molecule has 4 rings (SSSR count). The Labute approximate surface area is 362 Å². The second-order valence-electron chi connectivity index (χ2n) is 13.4. The van der Waals surface area contributed by atoms with Crippen LogP contribution in [0.4, 0.5) is 0 Å². The Bertz CT molecular complexity index is 2040. The maximum Gasteiger partial charge on any atom is 0.336 e. The first kappa shape index (κ1) is 47.3. The predicted molar refractivity (Wildman–Crippen MR) is 241 cm³/mol. The average Bonchev–Trinajstić information content (AvgIpc) is 3.30. The molecule has 4 aromatic carbocycles. The van der Waals surface area contributed by atoms with Crippen molar-refractivity contribution in [2.75, 3.05) is 26.4 Å². The van der Waals surface area contributed by atoms with Crippen LogP contribution >= 0.6 is 0 Å². The summed E-state index contributed by atoms with van der Waals surface area (Å²) in [5.41, 5.74) is 4.83. The van der Waals surface area contributed by atoms with Gasteiger partial charge >= 0.3 is 23.9 Å². The Hall–Kier alpha value is -7.34. The smallest absolute Gasteiger partial charge is 0.336 e. The van der Waals surface area contributed by atoms with Crippen LogP contribution in [-0.4, -0.2) is 61.7 Å². The van der Waals surface area contributed by atoms with Gasteiger partial charge in [0.15, 0.2) is 0 Å². The van der Waals surface area contributed by atoms with Crippen molar-refractivity contribution in [3.8, 4) is 23.0 Å². The molecule has 0 aliphatic heterocycles. The summed E-state index contributed by atoms with van der Waals surface area (Å²) < 4.78 is 32.3. The number of esters is 4. The largest absolute Gasteiger partial charge is 0.494 e. The van der Waals surface area contributed by atoms with Crippen LogP contribution in [0, 0.1) is 0 Å². The molecule has 12 nitrogen and oxygen atoms in total. The fourth-order valence-corrected chi connectivity index (χ4v) is 5.45. The standard InChI is InChI=1S/C50H52N2O10/c1-5-45(39-19-27-43(28-20-39)61-49(55)31-17-37-13-23-41(24-14-37)57-33-9-11-35-59-47(53)7-3)51-52-46(6-2)40-21-29-44(30-22-40)62-50(56)32-18-38-15-25-42(26-16-38)58-34-10-12-36-60-48(54)8-4/h7-8,13-32H,3-6,9-12,33-36H2,1-2H3/b31-17+,32-18+,51-45+,52-46+. The van der Waals surface area contributed by atoms with Crippen molar-refractivity contribution in [3.63, 3.8) is 0 Å². The first-order valence-corrected chi connectivity index (χ1v) is 20.4. The monoisotopic (exact) mass is 840 g/mol. The van der Waals surface area contributed by atoms with E-state index in [1.807, 2.05) is 86.6 Å². The number of ether oxygens (including phenoxy) is 6. The molecule has 0 fully saturated rings. The molecule has 4 aromatic rings. The molecule has 322 valence electrons. The van der Waals surface area contributed by atoms with Gasteiger partial charge in [0.05, 0.1) is 37.9 Å². The Kier molecular flexibility index (Phi) is 20.4. The van der Waals surface area contributed by atoms with E-state index in [0.29, 0.717) is 75.1 Å². The van der Waals surface area contributed by atoms with Gasteiger partial charge in [-0.05, 0) is 146 Å². The van der Waals surface area contributed by atoms with E-state index >= 15 is 0 Å². The molecule has 0 aliphatic carbocycles. The predicted octanol–water partition coefficient (Wildman–Crippen LogP) is 9.71. The van der Waals surface area contributed by atoms with Crippen molar-refractivity contribution in [1.29, 1.82) is 0 Å². The molecular formula is C50H52N2O10. The van der Waals surface area contributed by atoms with E-state index in [2.05, 4.69) is 23.4 Å². The van der Waals surface area contributed by atoms with Gasteiger partial charge in [0.25, 0.3) is 0 Å². The van der Waals surface area contributed by atoms with Crippen LogP contribution in [0.25, 0.3) is 12.2 Å². The number of hydrogen-bond acceptors (Lipinski definition) is 12. The number of benzene rings is 4. The molecule has 0 aliphatic rings. The lowest BCUT2D eigenvalue weighted by molar-refractivity contribution is -0.138. The molecule has 0 amide bonds. The summed E-state index contributed by atoms with van der Waals surface area (Å²) in [5, 5.41) is 9.11. The minimum Gasteiger partial charge on any atom is -0.494 e. The molecule has 0 atom stereocenters. The lowest BCUT2D eigenvalue weighted by Gasteiger charge is -2.07. The molecule has 0 unspecified atom stereocenters. The van der Waals surface area contributed by atoms with E-state index in [1.54, 1.807) is 36.4 Å². The number of hydrogen-bond donors (Lipinski definition) is 0. The zero-order valence-corrected chi connectivity index (χ0v) is 35.2. The molecule has 0 bridgehead atoms. The SMILES string of the molecule is C=CC(=O)OCCCCOc1ccc(/C=C/C(=O)Oc2ccc(/C(CC)=N/N=C(\CC)c3ccc(OC(=O)/C=C/c4ccc(OCCCCOC(=O)C=C)cc4)cc3)cc2)cc1. The van der Waals surface area contributed by atoms with Gasteiger partial charge in [0.2, 0.25) is 0 Å². The van der Waals surface area contributed by atoms with E-state index in [9.17, 15) is 19.2 Å². The Balaban J connectivity index is 1.21. The quantitative estimate of drug-likeness (QED) is 0.0158. The second-order valence-corrected chi connectivity index (χ2v) is 13.4. The Morgan fingerprint density at radius 3 is 1.15 bits per heavy atom. The summed E-state index contributed by atoms with van der Waals surface area (Å²) in [6.45, 7) is 12.3. The fourth-order valence-electron chi connectivity index (χ4n) is 5.45. The summed E-state index contributed by atoms with van der Waals surface area (Å²) in [7, 11) is 0. The molecule has 62 heavy (non-hydrogen) atoms. The van der Waals surface area contributed by atoms with Gasteiger partial charge in [-0.25, -0.2) is 19.2 Å². The van der Waals surface area contributed by atoms with Crippen LogP contribution in [0.2, 0.25) is 0 Å². The average molecular weight is 841 g/mol. The van der Waals surface area contributed by atoms with Crippen LogP contribution in [0.15, 0.2) is 145 Å². The first-order valence-electron chi connectivity index (χ1n) is 20.4. The minimum atomic E-state index is -0.515. The summed E-state index contributed by atoms with van der Waals surface area (Å²) in [6, 6.07) is 28.8. The Morgan fingerprint density at radius 1 is 0.468 bits per heavy atom. The van der Waals surface area contributed by atoms with Gasteiger partial charge in [0, 0.05) is 24.3 Å². The lowest BCUT2D eigenvalue weighted by atomic mass is 10.1. The topological polar surface area (TPSA) is 148 Å². The van der Waals surface area contributed by atoms with Gasteiger partial charge in [-0.1, -0.05) is 51.3 Å². The summed E-state index contributed by atoms with van der Waals surface area (Å²) in [6.07, 6.45) is 12.4. The zero-order chi connectivity index (χ0) is 44.4. The fraction of sp³-hybridized carbons (Fsp3) is 0.240. The highest BCUT2D eigenvalue weighted by Gasteiger charge is 2.08. The van der Waals surface area contributed by atoms with Crippen LogP contribution in [0.3, 0.4) is 0 Å². The highest BCUT2D eigenvalue weighted by molar-refractivity contribution is 6.03. The maximum absolute atomic E-state index is 12.5. The van der Waals surface area contributed by atoms with E-state index in [0.717, 1.165) is 58.7 Å². The highest BCUT2D eigenvalue weighted by atomic mass is 16.5. The van der Waals surface area contributed by atoms with Gasteiger partial charge in [-0.2, -0.15) is 10.2 Å². The molecule has 0 N–H and O–H groups in total. The highest BCUT2D eigenvalue weighted by Crippen LogP contribution is 2.19. The van der Waals surface area contributed by atoms with E-state index < -0.39 is 23.9 Å². The second kappa shape index (κ2) is 26.7. The molecule has 12 heteroatoms. The molecular weight excluding hydrogens is 789 g/mol. The molecule has 0 spiro atoms. The molecule has 0 aromatic heterocycles. The van der Waals surface area contributed by atoms with Gasteiger partial charge in [-0.15, -0.1) is 0 Å². The molecule has 0 saturated carbocycles. The summed E-state index contributed by atoms with van der Waals surface area (Å²) in [4.78, 5) is 47.2. The third kappa shape index (κ3) is 17.5. The van der Waals surface area contributed by atoms with Crippen molar-refractivity contribution >= 4 is 47.5 Å². The minimum absolute atomic E-state index is 0.323. The van der Waals surface area contributed by atoms with Crippen LogP contribution in [0.5, 0.6) is 23.0 Å². The Morgan fingerprint density at radius 2 is 0.806 bits per heavy atom. The van der Waals surface area contributed by atoms with Crippen molar-refractivity contribution in [2.24, 2.45) is 10.2 Å². The van der Waals surface area contributed by atoms with Crippen molar-refractivity contribution in [1.82, 2.24) is 0 Å². The number of rotatable bonds is 25. The number of nitrogens with zero attached hydrogens (tertiary/aromatic N) is 2. The first-order chi connectivity index (χ1) is 30.2. The van der Waals surface area contributed by atoms with E-state index in [4.69, 9.17) is 28.4 Å². The molecule has 0 heterocycles. The van der Waals surface area contributed by atoms with Gasteiger partial charge in [0.1, 0.15) is 23.0 Å². The molecule has 0 radical (unpaired) electrons. The van der Waals surface area contributed by atoms with E-state index in [-0.39, 0.29) is 0 Å². The van der Waals surface area contributed by atoms with Gasteiger partial charge in [-0.3, -0.25) is 0 Å². The number of carbonyl (C=O) groups excluding carboxylic acids is 4. The van der Waals surface area contributed by atoms with Crippen molar-refractivity contribution < 1.29 is 47.6 Å². The van der Waals surface area contributed by atoms with E-state index in [1.165, 1.54) is 12.2 Å². The van der Waals surface area contributed by atoms with Crippen LogP contribution in [-0.2, 0) is 28.7 Å². The zero-order valence-electron chi connectivity index (χ0n) is 35.2. The lowest BCUT2D eigenvalue weighted by Crippen LogP contribution is -2.05. The van der Waals surface area contributed by atoms with Crippen molar-refractivity contribution in [2.45, 2.75) is 52.4 Å². The van der Waals surface area contributed by atoms with Gasteiger partial charge < -0.3 is 28.4 Å². The summed E-state index contributed by atoms with van der Waals surface area (Å²) in [5.74, 6) is 0.286.